The zero-order chi connectivity index (χ0) is 10.8. The predicted octanol–water partition coefficient (Wildman–Crippen LogP) is 0.672. The Kier molecular flexibility index (Phi) is 2.73. The van der Waals surface area contributed by atoms with Crippen LogP contribution in [0.5, 0.6) is 0 Å². The van der Waals surface area contributed by atoms with Gasteiger partial charge in [0.1, 0.15) is 5.82 Å². The minimum atomic E-state index is 0.214. The van der Waals surface area contributed by atoms with Crippen LogP contribution >= 0.6 is 0 Å². The largest absolute Gasteiger partial charge is 0.384 e. The van der Waals surface area contributed by atoms with Gasteiger partial charge in [0.2, 0.25) is 5.95 Å². The number of ether oxygens (including phenoxy) is 1. The average molecular weight is 208 g/mol. The fraction of sp³-hybridized carbons (Fsp3) is 0.600. The number of anilines is 2. The highest BCUT2D eigenvalue weighted by Gasteiger charge is 2.25. The second-order valence-corrected chi connectivity index (χ2v) is 3.93. The van der Waals surface area contributed by atoms with Crippen LogP contribution in [0.25, 0.3) is 0 Å². The molecule has 2 atom stereocenters. The lowest BCUT2D eigenvalue weighted by atomic mass is 10.2. The predicted molar refractivity (Wildman–Crippen MR) is 58.7 cm³/mol. The van der Waals surface area contributed by atoms with Gasteiger partial charge in [-0.05, 0) is 19.9 Å². The van der Waals surface area contributed by atoms with Crippen molar-refractivity contribution in [3.05, 3.63) is 12.3 Å². The van der Waals surface area contributed by atoms with Crippen LogP contribution in [-0.4, -0.2) is 35.3 Å². The van der Waals surface area contributed by atoms with E-state index in [-0.39, 0.29) is 6.10 Å². The lowest BCUT2D eigenvalue weighted by Gasteiger charge is -2.36. The van der Waals surface area contributed by atoms with E-state index in [1.54, 1.807) is 12.3 Å². The molecule has 2 heterocycles. The Hall–Kier alpha value is -1.36. The number of nitrogen functional groups attached to an aromatic ring is 1. The van der Waals surface area contributed by atoms with Crippen molar-refractivity contribution in [2.75, 3.05) is 23.8 Å². The molecule has 15 heavy (non-hydrogen) atoms. The van der Waals surface area contributed by atoms with Crippen molar-refractivity contribution in [3.8, 4) is 0 Å². The average Bonchev–Trinajstić information content (AvgIpc) is 2.22. The summed E-state index contributed by atoms with van der Waals surface area (Å²) in [5.41, 5.74) is 5.64. The maximum absolute atomic E-state index is 5.64. The van der Waals surface area contributed by atoms with E-state index in [1.165, 1.54) is 0 Å². The number of nitrogens with zero attached hydrogens (tertiary/aromatic N) is 3. The van der Waals surface area contributed by atoms with E-state index in [9.17, 15) is 0 Å². The molecule has 0 bridgehead atoms. The van der Waals surface area contributed by atoms with Crippen LogP contribution in [0.15, 0.2) is 12.3 Å². The molecule has 0 spiro atoms. The second kappa shape index (κ2) is 4.02. The third kappa shape index (κ3) is 2.18. The van der Waals surface area contributed by atoms with E-state index >= 15 is 0 Å². The summed E-state index contributed by atoms with van der Waals surface area (Å²) in [5, 5.41) is 0. The number of nitrogens with two attached hydrogens (primary N) is 1. The van der Waals surface area contributed by atoms with Gasteiger partial charge in [0.05, 0.1) is 18.8 Å². The molecule has 0 aliphatic carbocycles. The van der Waals surface area contributed by atoms with E-state index in [4.69, 9.17) is 10.5 Å². The summed E-state index contributed by atoms with van der Waals surface area (Å²) in [6.45, 7) is 5.66. The SMILES string of the molecule is CC1CN(c2nccc(N)n2)C(C)CO1. The normalized spacial score (nSPS) is 26.7. The van der Waals surface area contributed by atoms with Gasteiger partial charge in [-0.2, -0.15) is 4.98 Å². The molecule has 2 N–H and O–H groups in total. The van der Waals surface area contributed by atoms with Crippen molar-refractivity contribution in [1.82, 2.24) is 9.97 Å². The van der Waals surface area contributed by atoms with E-state index in [2.05, 4.69) is 21.8 Å². The Morgan fingerprint density at radius 1 is 1.53 bits per heavy atom. The van der Waals surface area contributed by atoms with E-state index in [0.717, 1.165) is 6.54 Å². The molecule has 1 aromatic heterocycles. The standard InChI is InChI=1S/C10H16N4O/c1-7-6-15-8(2)5-14(7)10-12-4-3-9(11)13-10/h3-4,7-8H,5-6H2,1-2H3,(H2,11,12,13). The molecule has 0 aromatic carbocycles. The highest BCUT2D eigenvalue weighted by atomic mass is 16.5. The summed E-state index contributed by atoms with van der Waals surface area (Å²) in [4.78, 5) is 10.6. The Balaban J connectivity index is 2.21. The first-order valence-corrected chi connectivity index (χ1v) is 5.13. The molecule has 1 aromatic rings. The first-order valence-electron chi connectivity index (χ1n) is 5.13. The smallest absolute Gasteiger partial charge is 0.227 e. The lowest BCUT2D eigenvalue weighted by Crippen LogP contribution is -2.48. The summed E-state index contributed by atoms with van der Waals surface area (Å²) in [6.07, 6.45) is 1.90. The van der Waals surface area contributed by atoms with Gasteiger partial charge in [-0.25, -0.2) is 4.98 Å². The molecule has 5 nitrogen and oxygen atoms in total. The summed E-state index contributed by atoms with van der Waals surface area (Å²) in [5.74, 6) is 1.20. The van der Waals surface area contributed by atoms with Gasteiger partial charge in [-0.15, -0.1) is 0 Å². The molecule has 1 saturated heterocycles. The number of morpholine rings is 1. The van der Waals surface area contributed by atoms with Crippen LogP contribution in [0.3, 0.4) is 0 Å². The summed E-state index contributed by atoms with van der Waals surface area (Å²) in [6, 6.07) is 1.99. The Morgan fingerprint density at radius 3 is 3.07 bits per heavy atom. The van der Waals surface area contributed by atoms with Crippen LogP contribution < -0.4 is 10.6 Å². The van der Waals surface area contributed by atoms with Crippen LogP contribution in [0.4, 0.5) is 11.8 Å². The molecular formula is C10H16N4O. The van der Waals surface area contributed by atoms with Crippen molar-refractivity contribution < 1.29 is 4.74 Å². The Morgan fingerprint density at radius 2 is 2.33 bits per heavy atom. The third-order valence-electron chi connectivity index (χ3n) is 2.53. The van der Waals surface area contributed by atoms with Crippen LogP contribution in [0.1, 0.15) is 13.8 Å². The number of hydrogen-bond donors (Lipinski definition) is 1. The van der Waals surface area contributed by atoms with E-state index < -0.39 is 0 Å². The molecule has 1 fully saturated rings. The van der Waals surface area contributed by atoms with E-state index in [0.29, 0.717) is 24.4 Å². The minimum absolute atomic E-state index is 0.214. The molecule has 1 aliphatic heterocycles. The first-order chi connectivity index (χ1) is 7.16. The summed E-state index contributed by atoms with van der Waals surface area (Å²) < 4.78 is 5.54. The third-order valence-corrected chi connectivity index (χ3v) is 2.53. The quantitative estimate of drug-likeness (QED) is 0.735. The number of rotatable bonds is 1. The topological polar surface area (TPSA) is 64.3 Å². The molecule has 2 rings (SSSR count). The van der Waals surface area contributed by atoms with Gasteiger partial charge in [0.25, 0.3) is 0 Å². The Bertz CT molecular complexity index is 344. The summed E-state index contributed by atoms with van der Waals surface area (Å²) in [7, 11) is 0. The van der Waals surface area contributed by atoms with Gasteiger partial charge in [-0.1, -0.05) is 0 Å². The molecule has 0 radical (unpaired) electrons. The van der Waals surface area contributed by atoms with Gasteiger partial charge >= 0.3 is 0 Å². The van der Waals surface area contributed by atoms with Crippen LogP contribution in [-0.2, 0) is 4.74 Å². The monoisotopic (exact) mass is 208 g/mol. The fourth-order valence-electron chi connectivity index (χ4n) is 1.68. The van der Waals surface area contributed by atoms with Gasteiger partial charge in [0.15, 0.2) is 0 Å². The van der Waals surface area contributed by atoms with Crippen molar-refractivity contribution >= 4 is 11.8 Å². The van der Waals surface area contributed by atoms with Crippen molar-refractivity contribution in [2.24, 2.45) is 0 Å². The van der Waals surface area contributed by atoms with E-state index in [1.807, 2.05) is 6.92 Å². The summed E-state index contributed by atoms with van der Waals surface area (Å²) >= 11 is 0. The van der Waals surface area contributed by atoms with Crippen LogP contribution in [0, 0.1) is 0 Å². The minimum Gasteiger partial charge on any atom is -0.384 e. The zero-order valence-electron chi connectivity index (χ0n) is 9.05. The van der Waals surface area contributed by atoms with Crippen molar-refractivity contribution in [2.45, 2.75) is 26.0 Å². The molecule has 0 saturated carbocycles. The molecule has 5 heteroatoms. The van der Waals surface area contributed by atoms with Crippen LogP contribution in [0.2, 0.25) is 0 Å². The number of hydrogen-bond acceptors (Lipinski definition) is 5. The second-order valence-electron chi connectivity index (χ2n) is 3.93. The van der Waals surface area contributed by atoms with Gasteiger partial charge in [-0.3, -0.25) is 0 Å². The highest BCUT2D eigenvalue weighted by Crippen LogP contribution is 2.17. The Labute approximate surface area is 89.3 Å². The number of aromatic nitrogens is 2. The molecule has 0 amide bonds. The van der Waals surface area contributed by atoms with Gasteiger partial charge < -0.3 is 15.4 Å². The highest BCUT2D eigenvalue weighted by molar-refractivity contribution is 5.39. The maximum Gasteiger partial charge on any atom is 0.227 e. The molecule has 82 valence electrons. The molecule has 2 unspecified atom stereocenters. The van der Waals surface area contributed by atoms with Crippen molar-refractivity contribution in [3.63, 3.8) is 0 Å². The molecular weight excluding hydrogens is 192 g/mol. The maximum atomic E-state index is 5.64. The first kappa shape index (κ1) is 10.2. The lowest BCUT2D eigenvalue weighted by molar-refractivity contribution is 0.0337. The zero-order valence-corrected chi connectivity index (χ0v) is 9.05. The fourth-order valence-corrected chi connectivity index (χ4v) is 1.68. The van der Waals surface area contributed by atoms with Gasteiger partial charge in [0, 0.05) is 12.7 Å². The van der Waals surface area contributed by atoms with Crippen molar-refractivity contribution in [1.29, 1.82) is 0 Å². The molecule has 1 aliphatic rings.